The molecule has 2 rings (SSSR count). The second kappa shape index (κ2) is 7.76. The highest BCUT2D eigenvalue weighted by atomic mass is 19.1. The molecule has 0 aromatic carbocycles. The molecule has 0 saturated carbocycles. The van der Waals surface area contributed by atoms with Crippen molar-refractivity contribution in [3.8, 4) is 0 Å². The fraction of sp³-hybridized carbons (Fsp3) is 0.667. The third kappa shape index (κ3) is 3.62. The summed E-state index contributed by atoms with van der Waals surface area (Å²) in [4.78, 5) is 27.4. The van der Waals surface area contributed by atoms with E-state index in [2.05, 4.69) is 4.98 Å². The van der Waals surface area contributed by atoms with Gasteiger partial charge in [0.1, 0.15) is 24.4 Å². The first-order valence-electron chi connectivity index (χ1n) is 8.13. The minimum absolute atomic E-state index is 0.227. The number of aliphatic hydroxyl groups is 3. The molecule has 11 heteroatoms. The van der Waals surface area contributed by atoms with Crippen LogP contribution >= 0.6 is 0 Å². The SMILES string of the molecule is CC[C@H](C)[C@H](N)C(=O)C(O)[C@H]1O[C@@H](n2cc(F)c(N)nc2=O)[C@H](O)[C@@H]1O. The van der Waals surface area contributed by atoms with Gasteiger partial charge in [0.05, 0.1) is 12.2 Å². The second-order valence-electron chi connectivity index (χ2n) is 6.39. The van der Waals surface area contributed by atoms with Crippen LogP contribution in [-0.2, 0) is 9.53 Å². The average molecular weight is 374 g/mol. The van der Waals surface area contributed by atoms with Crippen LogP contribution in [0.4, 0.5) is 10.2 Å². The van der Waals surface area contributed by atoms with Crippen molar-refractivity contribution in [2.75, 3.05) is 5.73 Å². The number of carbonyl (C=O) groups is 1. The van der Waals surface area contributed by atoms with Gasteiger partial charge in [-0.1, -0.05) is 20.3 Å². The Morgan fingerprint density at radius 3 is 2.65 bits per heavy atom. The van der Waals surface area contributed by atoms with Crippen LogP contribution in [0.15, 0.2) is 11.0 Å². The number of carbonyl (C=O) groups excluding carboxylic acids is 1. The Morgan fingerprint density at radius 1 is 1.46 bits per heavy atom. The molecule has 0 spiro atoms. The highest BCUT2D eigenvalue weighted by Gasteiger charge is 2.49. The summed E-state index contributed by atoms with van der Waals surface area (Å²) in [6, 6.07) is -1.000. The summed E-state index contributed by atoms with van der Waals surface area (Å²) < 4.78 is 19.5. The highest BCUT2D eigenvalue weighted by molar-refractivity contribution is 5.88. The molecule has 1 unspecified atom stereocenters. The van der Waals surface area contributed by atoms with Gasteiger partial charge in [0.2, 0.25) is 0 Å². The number of ether oxygens (including phenoxy) is 1. The Morgan fingerprint density at radius 2 is 2.08 bits per heavy atom. The summed E-state index contributed by atoms with van der Waals surface area (Å²) in [5, 5.41) is 30.5. The van der Waals surface area contributed by atoms with Gasteiger partial charge in [-0.05, 0) is 5.92 Å². The van der Waals surface area contributed by atoms with Gasteiger partial charge in [-0.15, -0.1) is 0 Å². The van der Waals surface area contributed by atoms with Crippen LogP contribution in [0.2, 0.25) is 0 Å². The van der Waals surface area contributed by atoms with Crippen LogP contribution < -0.4 is 17.2 Å². The monoisotopic (exact) mass is 374 g/mol. The van der Waals surface area contributed by atoms with Crippen LogP contribution in [0.25, 0.3) is 0 Å². The van der Waals surface area contributed by atoms with Gasteiger partial charge in [-0.3, -0.25) is 9.36 Å². The van der Waals surface area contributed by atoms with Crippen LogP contribution in [0.3, 0.4) is 0 Å². The first-order valence-corrected chi connectivity index (χ1v) is 8.13. The van der Waals surface area contributed by atoms with Crippen molar-refractivity contribution >= 4 is 11.6 Å². The molecule has 0 bridgehead atoms. The van der Waals surface area contributed by atoms with E-state index in [-0.39, 0.29) is 5.92 Å². The van der Waals surface area contributed by atoms with Crippen molar-refractivity contribution < 1.29 is 29.2 Å². The lowest BCUT2D eigenvalue weighted by Crippen LogP contribution is -2.50. The number of anilines is 1. The Kier molecular flexibility index (Phi) is 6.09. The van der Waals surface area contributed by atoms with E-state index in [1.807, 2.05) is 6.92 Å². The van der Waals surface area contributed by atoms with Gasteiger partial charge >= 0.3 is 5.69 Å². The smallest absolute Gasteiger partial charge is 0.351 e. The lowest BCUT2D eigenvalue weighted by atomic mass is 9.90. The van der Waals surface area contributed by atoms with Gasteiger partial charge in [-0.2, -0.15) is 4.98 Å². The summed E-state index contributed by atoms with van der Waals surface area (Å²) >= 11 is 0. The summed E-state index contributed by atoms with van der Waals surface area (Å²) in [6.07, 6.45) is -7.13. The van der Waals surface area contributed by atoms with Crippen LogP contribution in [0, 0.1) is 11.7 Å². The zero-order valence-corrected chi connectivity index (χ0v) is 14.3. The Hall–Kier alpha value is -1.92. The van der Waals surface area contributed by atoms with Gasteiger partial charge < -0.3 is 31.5 Å². The zero-order chi connectivity index (χ0) is 19.8. The van der Waals surface area contributed by atoms with Crippen molar-refractivity contribution in [1.82, 2.24) is 9.55 Å². The number of Topliss-reactive ketones (excluding diaryl/α,β-unsaturated/α-hetero) is 1. The van der Waals surface area contributed by atoms with Crippen LogP contribution in [0.5, 0.6) is 0 Å². The molecule has 1 aliphatic rings. The highest BCUT2D eigenvalue weighted by Crippen LogP contribution is 2.31. The van der Waals surface area contributed by atoms with E-state index in [1.54, 1.807) is 6.92 Å². The van der Waals surface area contributed by atoms with E-state index in [0.29, 0.717) is 17.2 Å². The van der Waals surface area contributed by atoms with Crippen molar-refractivity contribution in [3.05, 3.63) is 22.5 Å². The molecule has 1 fully saturated rings. The molecule has 0 amide bonds. The van der Waals surface area contributed by atoms with E-state index >= 15 is 0 Å². The molecule has 7 N–H and O–H groups in total. The largest absolute Gasteiger partial charge is 0.387 e. The van der Waals surface area contributed by atoms with Gasteiger partial charge in [0, 0.05) is 0 Å². The molecule has 7 atom stereocenters. The Balaban J connectivity index is 2.26. The van der Waals surface area contributed by atoms with E-state index in [9.17, 15) is 29.3 Å². The summed E-state index contributed by atoms with van der Waals surface area (Å²) in [5.74, 6) is -2.67. The minimum Gasteiger partial charge on any atom is -0.387 e. The first kappa shape index (κ1) is 20.4. The number of halogens is 1. The topological polar surface area (TPSA) is 174 Å². The zero-order valence-electron chi connectivity index (χ0n) is 14.3. The van der Waals surface area contributed by atoms with Crippen molar-refractivity contribution in [2.45, 2.75) is 57.0 Å². The van der Waals surface area contributed by atoms with Gasteiger partial charge in [0.25, 0.3) is 0 Å². The number of ketones is 1. The number of hydrogen-bond donors (Lipinski definition) is 5. The second-order valence-corrected chi connectivity index (χ2v) is 6.39. The lowest BCUT2D eigenvalue weighted by molar-refractivity contribution is -0.143. The molecule has 2 heterocycles. The molecule has 1 aliphatic heterocycles. The number of rotatable bonds is 6. The van der Waals surface area contributed by atoms with E-state index in [0.717, 1.165) is 0 Å². The molecule has 10 nitrogen and oxygen atoms in total. The number of hydrogen-bond acceptors (Lipinski definition) is 9. The minimum atomic E-state index is -1.84. The number of nitrogen functional groups attached to an aromatic ring is 1. The molecule has 0 radical (unpaired) electrons. The standard InChI is InChI=1S/C15H23FN4O6/c1-3-5(2)7(17)8(21)9(22)12-10(23)11(24)14(26-12)20-4-6(16)13(18)19-15(20)25/h4-5,7,9-12,14,22-24H,3,17H2,1-2H3,(H2,18,19,25)/t5-,7-,9?,10-,11+,12+,14+/m0/s1. The maximum atomic E-state index is 13.6. The number of aromatic nitrogens is 2. The number of nitrogens with two attached hydrogens (primary N) is 2. The molecule has 0 aliphatic carbocycles. The molecule has 26 heavy (non-hydrogen) atoms. The van der Waals surface area contributed by atoms with E-state index < -0.39 is 59.8 Å². The van der Waals surface area contributed by atoms with Gasteiger partial charge in [-0.25, -0.2) is 9.18 Å². The molecular weight excluding hydrogens is 351 g/mol. The summed E-state index contributed by atoms with van der Waals surface area (Å²) in [7, 11) is 0. The third-order valence-corrected chi connectivity index (χ3v) is 4.67. The first-order chi connectivity index (χ1) is 12.1. The van der Waals surface area contributed by atoms with Crippen molar-refractivity contribution in [1.29, 1.82) is 0 Å². The van der Waals surface area contributed by atoms with E-state index in [1.165, 1.54) is 0 Å². The quantitative estimate of drug-likeness (QED) is 0.373. The normalized spacial score (nSPS) is 29.3. The summed E-state index contributed by atoms with van der Waals surface area (Å²) in [6.45, 7) is 3.54. The average Bonchev–Trinajstić information content (AvgIpc) is 2.90. The maximum absolute atomic E-state index is 13.6. The van der Waals surface area contributed by atoms with E-state index in [4.69, 9.17) is 16.2 Å². The van der Waals surface area contributed by atoms with Crippen molar-refractivity contribution in [3.63, 3.8) is 0 Å². The fourth-order valence-corrected chi connectivity index (χ4v) is 2.71. The fourth-order valence-electron chi connectivity index (χ4n) is 2.71. The molecule has 1 aromatic heterocycles. The lowest BCUT2D eigenvalue weighted by Gasteiger charge is -2.25. The third-order valence-electron chi connectivity index (χ3n) is 4.67. The number of nitrogens with zero attached hydrogens (tertiary/aromatic N) is 2. The van der Waals surface area contributed by atoms with Crippen LogP contribution in [0.1, 0.15) is 26.5 Å². The van der Waals surface area contributed by atoms with Crippen LogP contribution in [-0.4, -0.2) is 61.1 Å². The Labute approximate surface area is 148 Å². The Bertz CT molecular complexity index is 729. The molecular formula is C15H23FN4O6. The van der Waals surface area contributed by atoms with Gasteiger partial charge in [0.15, 0.2) is 23.6 Å². The predicted octanol–water partition coefficient (Wildman–Crippen LogP) is -2.11. The molecule has 1 saturated heterocycles. The predicted molar refractivity (Wildman–Crippen MR) is 87.2 cm³/mol. The molecule has 1 aromatic rings. The summed E-state index contributed by atoms with van der Waals surface area (Å²) in [5.41, 5.74) is 9.95. The number of aliphatic hydroxyl groups excluding tert-OH is 3. The van der Waals surface area contributed by atoms with Crippen molar-refractivity contribution in [2.24, 2.45) is 11.7 Å². The molecule has 146 valence electrons. The maximum Gasteiger partial charge on any atom is 0.351 e.